The third-order valence-corrected chi connectivity index (χ3v) is 9.73. The molecule has 0 amide bonds. The zero-order valence-corrected chi connectivity index (χ0v) is 17.8. The van der Waals surface area contributed by atoms with Crippen LogP contribution in [0.4, 0.5) is 0 Å². The van der Waals surface area contributed by atoms with Crippen LogP contribution < -0.4 is 15.9 Å². The average Bonchev–Trinajstić information content (AvgIpc) is 2.84. The molecule has 0 atom stereocenters. The third-order valence-electron chi connectivity index (χ3n) is 5.43. The molecule has 4 aromatic carbocycles. The summed E-state index contributed by atoms with van der Waals surface area (Å²) in [5, 5.41) is 12.6. The van der Waals surface area contributed by atoms with Crippen LogP contribution in [-0.4, -0.2) is 23.0 Å². The van der Waals surface area contributed by atoms with E-state index in [1.54, 1.807) is 12.1 Å². The molecule has 0 unspecified atom stereocenters. The van der Waals surface area contributed by atoms with Crippen LogP contribution in [0.5, 0.6) is 0 Å². The van der Waals surface area contributed by atoms with E-state index in [4.69, 9.17) is 5.11 Å². The summed E-state index contributed by atoms with van der Waals surface area (Å²) in [7, 11) is -2.27. The Balaban J connectivity index is 1.88. The summed E-state index contributed by atoms with van der Waals surface area (Å²) in [4.78, 5) is 24.7. The first kappa shape index (κ1) is 20.7. The minimum Gasteiger partial charge on any atom is -0.478 e. The molecule has 0 spiro atoms. The number of ketones is 1. The van der Waals surface area contributed by atoms with Crippen molar-refractivity contribution in [1.29, 1.82) is 0 Å². The lowest BCUT2D eigenvalue weighted by Crippen LogP contribution is -2.35. The number of benzene rings is 4. The average molecular weight is 425 g/mol. The highest BCUT2D eigenvalue weighted by Crippen LogP contribution is 2.55. The molecule has 0 heterocycles. The molecule has 1 N–H and O–H groups in total. The molecule has 0 aromatic heterocycles. The molecule has 0 aliphatic carbocycles. The fourth-order valence-electron chi connectivity index (χ4n) is 3.87. The van der Waals surface area contributed by atoms with Crippen LogP contribution in [0.1, 0.15) is 20.7 Å². The largest absolute Gasteiger partial charge is 0.478 e. The van der Waals surface area contributed by atoms with Crippen molar-refractivity contribution in [2.24, 2.45) is 0 Å². The number of hydrogen-bond acceptors (Lipinski definition) is 2. The first-order valence-electron chi connectivity index (χ1n) is 10.0. The Bertz CT molecular complexity index is 1070. The van der Waals surface area contributed by atoms with Gasteiger partial charge in [-0.05, 0) is 48.5 Å². The predicted molar refractivity (Wildman–Crippen MR) is 128 cm³/mol. The van der Waals surface area contributed by atoms with Crippen LogP contribution in [0.2, 0.25) is 0 Å². The summed E-state index contributed by atoms with van der Waals surface area (Å²) in [5.41, 5.74) is 0.698. The predicted octanol–water partition coefficient (Wildman–Crippen LogP) is 4.56. The van der Waals surface area contributed by atoms with Crippen molar-refractivity contribution in [3.05, 3.63) is 126 Å². The van der Waals surface area contributed by atoms with E-state index in [1.807, 2.05) is 54.6 Å². The van der Waals surface area contributed by atoms with E-state index in [0.717, 1.165) is 15.9 Å². The zero-order chi connectivity index (χ0) is 21.7. The van der Waals surface area contributed by atoms with Gasteiger partial charge < -0.3 is 5.11 Å². The minimum atomic E-state index is -2.27. The van der Waals surface area contributed by atoms with Gasteiger partial charge in [0.2, 0.25) is 5.78 Å². The molecule has 0 aliphatic rings. The fourth-order valence-corrected chi connectivity index (χ4v) is 7.97. The summed E-state index contributed by atoms with van der Waals surface area (Å²) < 4.78 is 0. The van der Waals surface area contributed by atoms with Crippen LogP contribution in [-0.2, 0) is 0 Å². The molecule has 4 rings (SSSR count). The Morgan fingerprint density at radius 3 is 1.26 bits per heavy atom. The Labute approximate surface area is 182 Å². The van der Waals surface area contributed by atoms with Gasteiger partial charge in [0, 0.05) is 5.56 Å². The highest BCUT2D eigenvalue weighted by Gasteiger charge is 2.47. The topological polar surface area (TPSA) is 54.4 Å². The van der Waals surface area contributed by atoms with Crippen LogP contribution >= 0.6 is 7.26 Å². The lowest BCUT2D eigenvalue weighted by atomic mass is 10.1. The van der Waals surface area contributed by atoms with Gasteiger partial charge in [-0.1, -0.05) is 66.7 Å². The second kappa shape index (κ2) is 9.07. The third kappa shape index (κ3) is 4.19. The van der Waals surface area contributed by atoms with E-state index in [1.165, 1.54) is 12.1 Å². The normalized spacial score (nSPS) is 11.1. The van der Waals surface area contributed by atoms with Gasteiger partial charge >= 0.3 is 5.97 Å². The Morgan fingerprint density at radius 2 is 0.903 bits per heavy atom. The van der Waals surface area contributed by atoms with Crippen molar-refractivity contribution in [1.82, 2.24) is 0 Å². The number of carboxylic acids is 1. The maximum atomic E-state index is 13.5. The summed E-state index contributed by atoms with van der Waals surface area (Å²) in [6.45, 7) is 0. The van der Waals surface area contributed by atoms with Gasteiger partial charge in [-0.15, -0.1) is 0 Å². The number of hydrogen-bond donors (Lipinski definition) is 1. The molecule has 0 radical (unpaired) electrons. The molecule has 4 aromatic rings. The monoisotopic (exact) mass is 425 g/mol. The van der Waals surface area contributed by atoms with E-state index in [9.17, 15) is 9.59 Å². The fraction of sp³-hybridized carbons (Fsp3) is 0.0370. The van der Waals surface area contributed by atoms with Gasteiger partial charge in [0.15, 0.2) is 0 Å². The van der Waals surface area contributed by atoms with E-state index in [2.05, 4.69) is 36.4 Å². The maximum Gasteiger partial charge on any atom is 0.335 e. The molecular formula is C27H22O3P+. The SMILES string of the molecule is O=C(O)c1ccc(C(=O)C[P+](c2ccccc2)(c2ccccc2)c2ccccc2)cc1. The van der Waals surface area contributed by atoms with Crippen molar-refractivity contribution >= 4 is 34.9 Å². The highest BCUT2D eigenvalue weighted by molar-refractivity contribution is 7.96. The number of aromatic carboxylic acids is 1. The quantitative estimate of drug-likeness (QED) is 0.349. The number of carbonyl (C=O) groups is 2. The molecule has 4 heteroatoms. The molecule has 3 nitrogen and oxygen atoms in total. The molecule has 0 aliphatic heterocycles. The van der Waals surface area contributed by atoms with E-state index < -0.39 is 13.2 Å². The summed E-state index contributed by atoms with van der Waals surface area (Å²) >= 11 is 0. The van der Waals surface area contributed by atoms with Crippen LogP contribution in [0.15, 0.2) is 115 Å². The standard InChI is InChI=1S/C27H21O3P/c28-26(21-16-18-22(19-17-21)27(29)30)20-31(23-10-4-1-5-11-23,24-12-6-2-7-13-24)25-14-8-3-9-15-25/h1-19H,20H2/p+1. The van der Waals surface area contributed by atoms with Crippen molar-refractivity contribution in [3.63, 3.8) is 0 Å². The number of carboxylic acid groups (broad SMARTS) is 1. The summed E-state index contributed by atoms with van der Waals surface area (Å²) in [5.74, 6) is -1.000. The van der Waals surface area contributed by atoms with Crippen molar-refractivity contribution < 1.29 is 14.7 Å². The van der Waals surface area contributed by atoms with Gasteiger partial charge in [-0.3, -0.25) is 4.79 Å². The zero-order valence-electron chi connectivity index (χ0n) is 16.9. The Hall–Kier alpha value is -3.55. The lowest BCUT2D eigenvalue weighted by Gasteiger charge is -2.27. The molecule has 0 fully saturated rings. The highest BCUT2D eigenvalue weighted by atomic mass is 31.2. The van der Waals surface area contributed by atoms with Crippen LogP contribution in [0.25, 0.3) is 0 Å². The van der Waals surface area contributed by atoms with Crippen molar-refractivity contribution in [3.8, 4) is 0 Å². The van der Waals surface area contributed by atoms with E-state index in [-0.39, 0.29) is 11.3 Å². The second-order valence-corrected chi connectivity index (χ2v) is 10.8. The number of carbonyl (C=O) groups excluding carboxylic acids is 1. The van der Waals surface area contributed by atoms with Gasteiger partial charge in [0.1, 0.15) is 29.3 Å². The second-order valence-electron chi connectivity index (χ2n) is 7.28. The molecule has 0 saturated carbocycles. The smallest absolute Gasteiger partial charge is 0.335 e. The van der Waals surface area contributed by atoms with Crippen molar-refractivity contribution in [2.75, 3.05) is 6.16 Å². The molecule has 152 valence electrons. The van der Waals surface area contributed by atoms with Gasteiger partial charge in [0.05, 0.1) is 5.56 Å². The van der Waals surface area contributed by atoms with Crippen LogP contribution in [0.3, 0.4) is 0 Å². The minimum absolute atomic E-state index is 0.00170. The van der Waals surface area contributed by atoms with E-state index in [0.29, 0.717) is 11.7 Å². The van der Waals surface area contributed by atoms with Gasteiger partial charge in [-0.2, -0.15) is 0 Å². The Morgan fingerprint density at radius 1 is 0.548 bits per heavy atom. The first-order chi connectivity index (χ1) is 15.1. The van der Waals surface area contributed by atoms with Gasteiger partial charge in [-0.25, -0.2) is 4.79 Å². The lowest BCUT2D eigenvalue weighted by molar-refractivity contribution is 0.0696. The van der Waals surface area contributed by atoms with Crippen LogP contribution in [0, 0.1) is 0 Å². The van der Waals surface area contributed by atoms with Crippen molar-refractivity contribution in [2.45, 2.75) is 0 Å². The molecular weight excluding hydrogens is 403 g/mol. The first-order valence-corrected chi connectivity index (χ1v) is 12.0. The molecule has 0 bridgehead atoms. The summed E-state index contributed by atoms with van der Waals surface area (Å²) in [6, 6.07) is 36.9. The number of rotatable bonds is 7. The summed E-state index contributed by atoms with van der Waals surface area (Å²) in [6.07, 6.45) is 0.331. The maximum absolute atomic E-state index is 13.5. The van der Waals surface area contributed by atoms with Gasteiger partial charge in [0.25, 0.3) is 0 Å². The molecule has 31 heavy (non-hydrogen) atoms. The Kier molecular flexibility index (Phi) is 6.06. The number of Topliss-reactive ketones (excluding diaryl/α,β-unsaturated/α-hetero) is 1. The van der Waals surface area contributed by atoms with E-state index >= 15 is 0 Å². The molecule has 0 saturated heterocycles.